The van der Waals surface area contributed by atoms with Gasteiger partial charge in [0.05, 0.1) is 10.5 Å². The molecule has 0 spiro atoms. The van der Waals surface area contributed by atoms with E-state index in [9.17, 15) is 28.1 Å². The third-order valence-corrected chi connectivity index (χ3v) is 7.04. The summed E-state index contributed by atoms with van der Waals surface area (Å²) in [5.74, 6) is -0.956. The third-order valence-electron chi connectivity index (χ3n) is 7.04. The molecule has 1 N–H and O–H groups in total. The lowest BCUT2D eigenvalue weighted by Crippen LogP contribution is -2.25. The van der Waals surface area contributed by atoms with Crippen LogP contribution in [-0.4, -0.2) is 15.4 Å². The van der Waals surface area contributed by atoms with Crippen molar-refractivity contribution < 1.29 is 22.9 Å². The number of nitrogens with one attached hydrogen (secondary N) is 1. The van der Waals surface area contributed by atoms with E-state index in [-0.39, 0.29) is 18.0 Å². The van der Waals surface area contributed by atoms with Crippen LogP contribution >= 0.6 is 0 Å². The largest absolute Gasteiger partial charge is 0.416 e. The normalized spacial score (nSPS) is 12.3. The van der Waals surface area contributed by atoms with E-state index in [1.165, 1.54) is 24.3 Å². The van der Waals surface area contributed by atoms with E-state index >= 15 is 0 Å². The number of rotatable bonds is 9. The Kier molecular flexibility index (Phi) is 7.87. The number of fused-ring (bicyclic) bond motifs is 1. The summed E-state index contributed by atoms with van der Waals surface area (Å²) in [7, 11) is 0. The number of hydrogen-bond acceptors (Lipinski definition) is 3. The Morgan fingerprint density at radius 2 is 1.51 bits per heavy atom. The van der Waals surface area contributed by atoms with E-state index in [1.807, 2.05) is 71.4 Å². The smallest absolute Gasteiger partial charge is 0.352 e. The summed E-state index contributed by atoms with van der Waals surface area (Å²) in [6.07, 6.45) is -2.73. The van der Waals surface area contributed by atoms with Crippen LogP contribution in [0.3, 0.4) is 0 Å². The number of aromatic nitrogens is 1. The lowest BCUT2D eigenvalue weighted by Gasteiger charge is -2.18. The molecule has 5 aromatic rings. The van der Waals surface area contributed by atoms with E-state index in [1.54, 1.807) is 6.07 Å². The average Bonchev–Trinajstić information content (AvgIpc) is 3.32. The van der Waals surface area contributed by atoms with Gasteiger partial charge in [-0.15, -0.1) is 0 Å². The van der Waals surface area contributed by atoms with Crippen LogP contribution in [0, 0.1) is 10.1 Å². The van der Waals surface area contributed by atoms with Gasteiger partial charge in [0.15, 0.2) is 0 Å². The molecule has 5 rings (SSSR count). The molecule has 0 saturated carbocycles. The zero-order chi connectivity index (χ0) is 29.0. The number of amides is 1. The summed E-state index contributed by atoms with van der Waals surface area (Å²) >= 11 is 0. The SMILES string of the molecule is O=C(C[C@H](c1ccc(C(F)(F)F)cc1)c1cn(Cc2ccccc2)c2ccc([N+](=O)[O-])cc12)NCc1ccccc1. The van der Waals surface area contributed by atoms with Gasteiger partial charge in [-0.05, 0) is 40.5 Å². The van der Waals surface area contributed by atoms with E-state index in [2.05, 4.69) is 5.32 Å². The van der Waals surface area contributed by atoms with Crippen LogP contribution in [0.15, 0.2) is 109 Å². The molecule has 208 valence electrons. The molecule has 0 bridgehead atoms. The molecule has 0 aliphatic heterocycles. The van der Waals surface area contributed by atoms with E-state index < -0.39 is 22.6 Å². The molecule has 0 fully saturated rings. The minimum absolute atomic E-state index is 0.0641. The van der Waals surface area contributed by atoms with Crippen LogP contribution in [-0.2, 0) is 24.1 Å². The number of nitrogens with zero attached hydrogens (tertiary/aromatic N) is 2. The Hall–Kier alpha value is -4.92. The zero-order valence-electron chi connectivity index (χ0n) is 21.8. The highest BCUT2D eigenvalue weighted by Gasteiger charge is 2.31. The zero-order valence-corrected chi connectivity index (χ0v) is 21.8. The van der Waals surface area contributed by atoms with Crippen molar-refractivity contribution in [2.45, 2.75) is 31.6 Å². The third kappa shape index (κ3) is 6.46. The van der Waals surface area contributed by atoms with Crippen molar-refractivity contribution in [3.63, 3.8) is 0 Å². The first-order valence-electron chi connectivity index (χ1n) is 13.0. The lowest BCUT2D eigenvalue weighted by atomic mass is 9.87. The van der Waals surface area contributed by atoms with Crippen molar-refractivity contribution in [2.24, 2.45) is 0 Å². The van der Waals surface area contributed by atoms with Crippen molar-refractivity contribution in [3.05, 3.63) is 147 Å². The maximum Gasteiger partial charge on any atom is 0.416 e. The summed E-state index contributed by atoms with van der Waals surface area (Å²) < 4.78 is 41.9. The molecule has 0 saturated heterocycles. The fourth-order valence-electron chi connectivity index (χ4n) is 4.98. The molecule has 0 aliphatic carbocycles. The van der Waals surface area contributed by atoms with Gasteiger partial charge in [0.25, 0.3) is 5.69 Å². The van der Waals surface area contributed by atoms with Gasteiger partial charge in [-0.3, -0.25) is 14.9 Å². The van der Waals surface area contributed by atoms with Crippen LogP contribution in [0.25, 0.3) is 10.9 Å². The monoisotopic (exact) mass is 557 g/mol. The van der Waals surface area contributed by atoms with E-state index in [0.717, 1.165) is 28.8 Å². The van der Waals surface area contributed by atoms with Gasteiger partial charge in [0.2, 0.25) is 5.91 Å². The standard InChI is InChI=1S/C32H26F3N3O3/c33-32(34,35)25-13-11-24(12-14-25)27(18-31(39)36-19-22-7-3-1-4-8-22)29-21-37(20-23-9-5-2-6-10-23)30-16-15-26(38(40)41)17-28(29)30/h1-17,21,27H,18-20H2,(H,36,39)/t27-/m1/s1. The number of alkyl halides is 3. The molecule has 1 heterocycles. The van der Waals surface area contributed by atoms with Gasteiger partial charge in [-0.1, -0.05) is 72.8 Å². The Balaban J connectivity index is 1.58. The van der Waals surface area contributed by atoms with Crippen LogP contribution < -0.4 is 5.32 Å². The van der Waals surface area contributed by atoms with Crippen molar-refractivity contribution in [1.82, 2.24) is 9.88 Å². The molecule has 0 unspecified atom stereocenters. The predicted octanol–water partition coefficient (Wildman–Crippen LogP) is 7.46. The van der Waals surface area contributed by atoms with Gasteiger partial charge < -0.3 is 9.88 Å². The number of halogens is 3. The summed E-state index contributed by atoms with van der Waals surface area (Å²) in [6.45, 7) is 0.760. The second-order valence-corrected chi connectivity index (χ2v) is 9.80. The van der Waals surface area contributed by atoms with Crippen molar-refractivity contribution in [1.29, 1.82) is 0 Å². The first kappa shape index (κ1) is 27.6. The van der Waals surface area contributed by atoms with Crippen LogP contribution in [0.4, 0.5) is 18.9 Å². The minimum atomic E-state index is -4.51. The Labute approximate surface area is 234 Å². The number of hydrogen-bond donors (Lipinski definition) is 1. The van der Waals surface area contributed by atoms with Gasteiger partial charge in [0.1, 0.15) is 0 Å². The fourth-order valence-corrected chi connectivity index (χ4v) is 4.98. The second kappa shape index (κ2) is 11.7. The number of nitro benzene ring substituents is 1. The maximum absolute atomic E-state index is 13.3. The Morgan fingerprint density at radius 1 is 0.878 bits per heavy atom. The number of carbonyl (C=O) groups excluding carboxylic acids is 1. The summed E-state index contributed by atoms with van der Waals surface area (Å²) in [4.78, 5) is 24.4. The number of non-ortho nitro benzene ring substituents is 1. The summed E-state index contributed by atoms with van der Waals surface area (Å²) in [5.41, 5.74) is 2.83. The second-order valence-electron chi connectivity index (χ2n) is 9.80. The topological polar surface area (TPSA) is 77.2 Å². The molecule has 4 aromatic carbocycles. The summed E-state index contributed by atoms with van der Waals surface area (Å²) in [6, 6.07) is 28.3. The number of nitro groups is 1. The van der Waals surface area contributed by atoms with Gasteiger partial charge >= 0.3 is 6.18 Å². The molecule has 1 aromatic heterocycles. The van der Waals surface area contributed by atoms with E-state index in [4.69, 9.17) is 0 Å². The Bertz CT molecular complexity index is 1670. The fraction of sp³-hybridized carbons (Fsp3) is 0.156. The highest BCUT2D eigenvalue weighted by molar-refractivity contribution is 5.88. The molecule has 0 aliphatic rings. The first-order valence-corrected chi connectivity index (χ1v) is 13.0. The Morgan fingerprint density at radius 3 is 2.12 bits per heavy atom. The number of benzene rings is 4. The molecule has 6 nitrogen and oxygen atoms in total. The van der Waals surface area contributed by atoms with E-state index in [0.29, 0.717) is 29.6 Å². The highest BCUT2D eigenvalue weighted by atomic mass is 19.4. The number of carbonyl (C=O) groups is 1. The highest BCUT2D eigenvalue weighted by Crippen LogP contribution is 2.38. The minimum Gasteiger partial charge on any atom is -0.352 e. The molecule has 1 amide bonds. The van der Waals surface area contributed by atoms with Gasteiger partial charge in [-0.25, -0.2) is 0 Å². The molecule has 1 atom stereocenters. The van der Waals surface area contributed by atoms with Crippen LogP contribution in [0.1, 0.15) is 40.2 Å². The van der Waals surface area contributed by atoms with Crippen molar-refractivity contribution in [3.8, 4) is 0 Å². The quantitative estimate of drug-likeness (QED) is 0.151. The van der Waals surface area contributed by atoms with Crippen LogP contribution in [0.2, 0.25) is 0 Å². The molecule has 0 radical (unpaired) electrons. The molecule has 41 heavy (non-hydrogen) atoms. The average molecular weight is 558 g/mol. The van der Waals surface area contributed by atoms with Crippen LogP contribution in [0.5, 0.6) is 0 Å². The van der Waals surface area contributed by atoms with Crippen molar-refractivity contribution in [2.75, 3.05) is 0 Å². The summed E-state index contributed by atoms with van der Waals surface area (Å²) in [5, 5.41) is 15.1. The first-order chi connectivity index (χ1) is 19.7. The van der Waals surface area contributed by atoms with Gasteiger partial charge in [0, 0.05) is 54.7 Å². The predicted molar refractivity (Wildman–Crippen MR) is 150 cm³/mol. The lowest BCUT2D eigenvalue weighted by molar-refractivity contribution is -0.384. The van der Waals surface area contributed by atoms with Gasteiger partial charge in [-0.2, -0.15) is 13.2 Å². The molecular formula is C32H26F3N3O3. The van der Waals surface area contributed by atoms with Crippen molar-refractivity contribution >= 4 is 22.5 Å². The maximum atomic E-state index is 13.3. The molecule has 9 heteroatoms. The molecular weight excluding hydrogens is 531 g/mol.